The van der Waals surface area contributed by atoms with E-state index >= 15 is 0 Å². The van der Waals surface area contributed by atoms with Gasteiger partial charge < -0.3 is 19.9 Å². The summed E-state index contributed by atoms with van der Waals surface area (Å²) in [5, 5.41) is 2.91. The van der Waals surface area contributed by atoms with Gasteiger partial charge in [-0.05, 0) is 18.6 Å². The number of carbonyl (C=O) groups excluding carboxylic acids is 2. The number of urea groups is 1. The number of halogens is 4. The summed E-state index contributed by atoms with van der Waals surface area (Å²) < 4.78 is 57.0. The number of amides is 3. The summed E-state index contributed by atoms with van der Waals surface area (Å²) in [5.41, 5.74) is -1.27. The van der Waals surface area contributed by atoms with Crippen LogP contribution in [0.4, 0.5) is 22.4 Å². The van der Waals surface area contributed by atoms with Crippen molar-refractivity contribution >= 4 is 11.9 Å². The molecule has 0 saturated carbocycles. The fourth-order valence-electron chi connectivity index (χ4n) is 3.78. The molecule has 3 saturated heterocycles. The van der Waals surface area contributed by atoms with Crippen LogP contribution in [0.15, 0.2) is 18.2 Å². The van der Waals surface area contributed by atoms with Crippen molar-refractivity contribution in [2.24, 2.45) is 0 Å². The summed E-state index contributed by atoms with van der Waals surface area (Å²) in [4.78, 5) is 26.9. The number of rotatable bonds is 3. The first-order valence-electron chi connectivity index (χ1n) is 8.97. The van der Waals surface area contributed by atoms with Crippen LogP contribution >= 0.6 is 0 Å². The zero-order valence-electron chi connectivity index (χ0n) is 14.9. The first-order chi connectivity index (χ1) is 13.2. The van der Waals surface area contributed by atoms with Gasteiger partial charge in [0.15, 0.2) is 0 Å². The highest BCUT2D eigenvalue weighted by Crippen LogP contribution is 2.32. The van der Waals surface area contributed by atoms with E-state index in [0.717, 1.165) is 18.6 Å². The molecule has 0 radical (unpaired) electrons. The minimum absolute atomic E-state index is 0.0139. The molecular formula is C18H19F4N3O3. The molecule has 3 amide bonds. The lowest BCUT2D eigenvalue weighted by molar-refractivity contribution is -0.137. The number of benzene rings is 1. The smallest absolute Gasteiger partial charge is 0.370 e. The second kappa shape index (κ2) is 6.61. The van der Waals surface area contributed by atoms with E-state index in [1.54, 1.807) is 9.80 Å². The maximum absolute atomic E-state index is 13.8. The Kier molecular flexibility index (Phi) is 4.48. The number of nitrogens with zero attached hydrogens (tertiary/aromatic N) is 2. The molecular weight excluding hydrogens is 382 g/mol. The molecule has 1 N–H and O–H groups in total. The Morgan fingerprint density at radius 3 is 2.54 bits per heavy atom. The maximum atomic E-state index is 13.8. The number of carbonyl (C=O) groups is 2. The van der Waals surface area contributed by atoms with E-state index in [1.807, 2.05) is 0 Å². The van der Waals surface area contributed by atoms with Gasteiger partial charge in [0.2, 0.25) is 5.91 Å². The maximum Gasteiger partial charge on any atom is 0.416 e. The van der Waals surface area contributed by atoms with Crippen molar-refractivity contribution < 1.29 is 31.9 Å². The fourth-order valence-corrected chi connectivity index (χ4v) is 3.78. The Morgan fingerprint density at radius 1 is 1.25 bits per heavy atom. The molecule has 3 aliphatic heterocycles. The van der Waals surface area contributed by atoms with Gasteiger partial charge in [-0.15, -0.1) is 0 Å². The molecule has 1 aromatic carbocycles. The zero-order chi connectivity index (χ0) is 20.1. The van der Waals surface area contributed by atoms with E-state index < -0.39 is 17.6 Å². The van der Waals surface area contributed by atoms with Crippen LogP contribution in [0.5, 0.6) is 0 Å². The van der Waals surface area contributed by atoms with E-state index in [1.165, 1.54) is 0 Å². The lowest BCUT2D eigenvalue weighted by Crippen LogP contribution is -2.72. The molecule has 3 aliphatic rings. The minimum atomic E-state index is -4.59. The summed E-state index contributed by atoms with van der Waals surface area (Å²) in [6.07, 6.45) is -3.65. The summed E-state index contributed by atoms with van der Waals surface area (Å²) in [6, 6.07) is 2.21. The molecule has 1 spiro atoms. The quantitative estimate of drug-likeness (QED) is 0.790. The van der Waals surface area contributed by atoms with Crippen LogP contribution in [0, 0.1) is 5.82 Å². The molecule has 0 atom stereocenters. The van der Waals surface area contributed by atoms with Gasteiger partial charge in [-0.2, -0.15) is 13.2 Å². The zero-order valence-corrected chi connectivity index (χ0v) is 14.9. The molecule has 3 heterocycles. The van der Waals surface area contributed by atoms with Crippen LogP contribution < -0.4 is 5.32 Å². The van der Waals surface area contributed by atoms with Gasteiger partial charge in [-0.1, -0.05) is 6.07 Å². The number of likely N-dealkylation sites (tertiary alicyclic amines) is 2. The Bertz CT molecular complexity index is 802. The van der Waals surface area contributed by atoms with E-state index in [2.05, 4.69) is 5.32 Å². The van der Waals surface area contributed by atoms with Crippen molar-refractivity contribution in [1.29, 1.82) is 0 Å². The highest BCUT2D eigenvalue weighted by atomic mass is 19.4. The van der Waals surface area contributed by atoms with E-state index in [4.69, 9.17) is 4.74 Å². The Balaban J connectivity index is 1.21. The molecule has 0 aromatic heterocycles. The summed E-state index contributed by atoms with van der Waals surface area (Å²) in [6.45, 7) is 1.52. The lowest BCUT2D eigenvalue weighted by Gasteiger charge is -2.51. The minimum Gasteiger partial charge on any atom is -0.370 e. The Hall–Kier alpha value is -2.36. The molecule has 0 unspecified atom stereocenters. The largest absolute Gasteiger partial charge is 0.416 e. The van der Waals surface area contributed by atoms with E-state index in [0.29, 0.717) is 38.7 Å². The summed E-state index contributed by atoms with van der Waals surface area (Å²) >= 11 is 0. The standard InChI is InChI=1S/C18H19F4N3O3/c19-14-5-12(18(20,21)22)2-1-11(14)8-28-13-6-24(7-13)16(27)25-9-17(10-25)4-3-15(26)23-17/h1-2,5,13H,3-4,6-10H2,(H,23,26). The van der Waals surface area contributed by atoms with Crippen molar-refractivity contribution in [1.82, 2.24) is 15.1 Å². The third-order valence-electron chi connectivity index (χ3n) is 5.47. The molecule has 0 aliphatic carbocycles. The average Bonchev–Trinajstić information content (AvgIpc) is 2.94. The second-order valence-corrected chi connectivity index (χ2v) is 7.61. The van der Waals surface area contributed by atoms with Gasteiger partial charge in [0.25, 0.3) is 0 Å². The van der Waals surface area contributed by atoms with Crippen LogP contribution in [0.1, 0.15) is 24.0 Å². The van der Waals surface area contributed by atoms with Crippen molar-refractivity contribution in [3.63, 3.8) is 0 Å². The molecule has 10 heteroatoms. The third-order valence-corrected chi connectivity index (χ3v) is 5.47. The van der Waals surface area contributed by atoms with Crippen LogP contribution in [-0.4, -0.2) is 59.6 Å². The monoisotopic (exact) mass is 401 g/mol. The van der Waals surface area contributed by atoms with Crippen LogP contribution in [0.25, 0.3) is 0 Å². The van der Waals surface area contributed by atoms with Gasteiger partial charge in [0.1, 0.15) is 5.82 Å². The van der Waals surface area contributed by atoms with Gasteiger partial charge in [0.05, 0.1) is 36.9 Å². The van der Waals surface area contributed by atoms with Gasteiger partial charge in [-0.3, -0.25) is 4.79 Å². The first kappa shape index (κ1) is 19.0. The van der Waals surface area contributed by atoms with Crippen molar-refractivity contribution in [2.75, 3.05) is 26.2 Å². The normalized spacial score (nSPS) is 21.5. The molecule has 4 rings (SSSR count). The van der Waals surface area contributed by atoms with Gasteiger partial charge >= 0.3 is 12.2 Å². The number of ether oxygens (including phenoxy) is 1. The van der Waals surface area contributed by atoms with Gasteiger partial charge in [-0.25, -0.2) is 9.18 Å². The SMILES string of the molecule is O=C1CCC2(CN(C(=O)N3CC(OCc4ccc(C(F)(F)F)cc4F)C3)C2)N1. The highest BCUT2D eigenvalue weighted by Gasteiger charge is 2.51. The predicted octanol–water partition coefficient (Wildman–Crippen LogP) is 2.13. The van der Waals surface area contributed by atoms with Crippen LogP contribution in [-0.2, 0) is 22.3 Å². The number of hydrogen-bond donors (Lipinski definition) is 1. The molecule has 0 bridgehead atoms. The first-order valence-corrected chi connectivity index (χ1v) is 8.97. The van der Waals surface area contributed by atoms with Crippen LogP contribution in [0.2, 0.25) is 0 Å². The fraction of sp³-hybridized carbons (Fsp3) is 0.556. The van der Waals surface area contributed by atoms with Crippen molar-refractivity contribution in [2.45, 2.75) is 37.3 Å². The third kappa shape index (κ3) is 3.52. The van der Waals surface area contributed by atoms with E-state index in [9.17, 15) is 27.2 Å². The lowest BCUT2D eigenvalue weighted by atomic mass is 9.88. The molecule has 152 valence electrons. The summed E-state index contributed by atoms with van der Waals surface area (Å²) in [7, 11) is 0. The number of alkyl halides is 3. The molecule has 1 aromatic rings. The average molecular weight is 401 g/mol. The summed E-state index contributed by atoms with van der Waals surface area (Å²) in [5.74, 6) is -0.952. The molecule has 28 heavy (non-hydrogen) atoms. The predicted molar refractivity (Wildman–Crippen MR) is 88.6 cm³/mol. The number of hydrogen-bond acceptors (Lipinski definition) is 3. The number of nitrogens with one attached hydrogen (secondary N) is 1. The van der Waals surface area contributed by atoms with Gasteiger partial charge in [0, 0.05) is 25.1 Å². The molecule has 6 nitrogen and oxygen atoms in total. The molecule has 3 fully saturated rings. The van der Waals surface area contributed by atoms with E-state index in [-0.39, 0.29) is 35.8 Å². The second-order valence-electron chi connectivity index (χ2n) is 7.61. The Morgan fingerprint density at radius 2 is 1.96 bits per heavy atom. The van der Waals surface area contributed by atoms with Crippen LogP contribution in [0.3, 0.4) is 0 Å². The topological polar surface area (TPSA) is 61.9 Å². The Labute approximate surface area is 158 Å². The highest BCUT2D eigenvalue weighted by molar-refractivity contribution is 5.82. The van der Waals surface area contributed by atoms with Crippen molar-refractivity contribution in [3.8, 4) is 0 Å². The van der Waals surface area contributed by atoms with Crippen molar-refractivity contribution in [3.05, 3.63) is 35.1 Å².